The van der Waals surface area contributed by atoms with E-state index in [0.717, 1.165) is 4.31 Å². The topological polar surface area (TPSA) is 90.9 Å². The lowest BCUT2D eigenvalue weighted by Crippen LogP contribution is -2.58. The lowest BCUT2D eigenvalue weighted by Gasteiger charge is -2.37. The summed E-state index contributed by atoms with van der Waals surface area (Å²) in [6, 6.07) is 21.1. The van der Waals surface area contributed by atoms with Crippen LogP contribution in [0.4, 0.5) is 20.2 Å². The fourth-order valence-electron chi connectivity index (χ4n) is 4.42. The summed E-state index contributed by atoms with van der Waals surface area (Å²) in [5.74, 6) is 1.25. The molecule has 2 aliphatic rings. The minimum Gasteiger partial charge on any atom is -0.325 e. The number of hydrogen-bond acceptors (Lipinski definition) is 5. The van der Waals surface area contributed by atoms with Gasteiger partial charge in [-0.3, -0.25) is 9.79 Å². The van der Waals surface area contributed by atoms with Crippen LogP contribution in [0.2, 0.25) is 0 Å². The number of halogens is 2. The minimum absolute atomic E-state index is 0.122. The van der Waals surface area contributed by atoms with Gasteiger partial charge in [-0.25, -0.2) is 17.2 Å². The zero-order chi connectivity index (χ0) is 26.9. The van der Waals surface area contributed by atoms with Crippen LogP contribution in [-0.2, 0) is 14.8 Å². The molecule has 194 valence electrons. The molecule has 10 heteroatoms. The fourth-order valence-corrected chi connectivity index (χ4v) is 6.08. The van der Waals surface area contributed by atoms with Crippen molar-refractivity contribution >= 4 is 33.0 Å². The van der Waals surface area contributed by atoms with E-state index in [9.17, 15) is 22.0 Å². The van der Waals surface area contributed by atoms with Crippen LogP contribution < -0.4 is 10.6 Å². The van der Waals surface area contributed by atoms with Crippen molar-refractivity contribution in [2.75, 3.05) is 32.0 Å². The number of anilines is 1. The maximum absolute atomic E-state index is 13.6. The van der Waals surface area contributed by atoms with Crippen LogP contribution in [0.1, 0.15) is 22.6 Å². The predicted molar refractivity (Wildman–Crippen MR) is 141 cm³/mol. The van der Waals surface area contributed by atoms with E-state index in [4.69, 9.17) is 4.99 Å². The second-order valence-corrected chi connectivity index (χ2v) is 10.9. The smallest absolute Gasteiger partial charge is 0.275 e. The summed E-state index contributed by atoms with van der Waals surface area (Å²) in [7, 11) is -2.61. The number of amides is 1. The third-order valence-electron chi connectivity index (χ3n) is 6.25. The number of para-hydroxylation sites is 1. The highest BCUT2D eigenvalue weighted by molar-refractivity contribution is 7.89. The summed E-state index contributed by atoms with van der Waals surface area (Å²) in [5.41, 5.74) is 2.65. The number of nitrogens with one attached hydrogen (secondary N) is 2. The molecule has 1 saturated heterocycles. The van der Waals surface area contributed by atoms with E-state index in [0.29, 0.717) is 28.2 Å². The first-order valence-corrected chi connectivity index (χ1v) is 13.3. The Labute approximate surface area is 219 Å². The van der Waals surface area contributed by atoms with Crippen LogP contribution in [0, 0.1) is 11.8 Å². The van der Waals surface area contributed by atoms with Crippen molar-refractivity contribution in [3.63, 3.8) is 0 Å². The molecular weight excluding hydrogens is 510 g/mol. The zero-order valence-corrected chi connectivity index (χ0v) is 21.2. The van der Waals surface area contributed by atoms with E-state index in [2.05, 4.69) is 22.5 Å². The summed E-state index contributed by atoms with van der Waals surface area (Å²) in [4.78, 5) is 17.9. The molecule has 3 aromatic carbocycles. The highest BCUT2D eigenvalue weighted by atomic mass is 32.2. The molecule has 0 aromatic heterocycles. The first-order chi connectivity index (χ1) is 18.2. The summed E-state index contributed by atoms with van der Waals surface area (Å²) in [6.45, 7) is -1.52. The normalized spacial score (nSPS) is 18.7. The van der Waals surface area contributed by atoms with Gasteiger partial charge in [-0.05, 0) is 42.4 Å². The van der Waals surface area contributed by atoms with Crippen molar-refractivity contribution in [3.05, 3.63) is 89.5 Å². The van der Waals surface area contributed by atoms with Crippen molar-refractivity contribution in [2.45, 2.75) is 16.7 Å². The highest BCUT2D eigenvalue weighted by Gasteiger charge is 2.50. The Bertz CT molecular complexity index is 1570. The Morgan fingerprint density at radius 1 is 1.11 bits per heavy atom. The van der Waals surface area contributed by atoms with Gasteiger partial charge in [-0.2, -0.15) is 4.31 Å². The number of hydrogen-bond donors (Lipinski definition) is 2. The van der Waals surface area contributed by atoms with Gasteiger partial charge in [0.2, 0.25) is 15.9 Å². The number of alkyl halides is 2. The Morgan fingerprint density at radius 2 is 1.76 bits per heavy atom. The van der Waals surface area contributed by atoms with Crippen molar-refractivity contribution in [1.29, 1.82) is 0 Å². The summed E-state index contributed by atoms with van der Waals surface area (Å²) in [5, 5.41) is 5.69. The number of nitrogens with zero attached hydrogens (tertiary/aromatic N) is 2. The largest absolute Gasteiger partial charge is 0.325 e. The second-order valence-electron chi connectivity index (χ2n) is 9.02. The molecule has 3 aromatic rings. The molecule has 38 heavy (non-hydrogen) atoms. The minimum atomic E-state index is -4.30. The number of aliphatic imine (C=N–C) groups is 1. The molecule has 2 aliphatic heterocycles. The molecular formula is C28H24F2N4O3S. The number of carbonyl (C=O) groups excluding carboxylic acids is 1. The SMILES string of the molecule is CNCC#Cc1cc2c(cc1S(=O)(=O)N1CC(F)(F)C1)C(C(=Nc1ccccc1)c1ccccc1)C(=O)N2. The number of benzene rings is 3. The summed E-state index contributed by atoms with van der Waals surface area (Å²) in [6.07, 6.45) is 0. The van der Waals surface area contributed by atoms with Crippen molar-refractivity contribution in [1.82, 2.24) is 9.62 Å². The Kier molecular flexibility index (Phi) is 6.84. The molecule has 0 aliphatic carbocycles. The number of carbonyl (C=O) groups is 1. The summed E-state index contributed by atoms with van der Waals surface area (Å²) < 4.78 is 54.8. The molecule has 0 saturated carbocycles. The third kappa shape index (κ3) is 4.96. The van der Waals surface area contributed by atoms with Gasteiger partial charge in [-0.15, -0.1) is 0 Å². The van der Waals surface area contributed by atoms with Crippen molar-refractivity contribution in [2.24, 2.45) is 4.99 Å². The lowest BCUT2D eigenvalue weighted by molar-refractivity contribution is -0.115. The maximum Gasteiger partial charge on any atom is 0.275 e. The van der Waals surface area contributed by atoms with Crippen LogP contribution in [0.15, 0.2) is 82.7 Å². The standard InChI is InChI=1S/C28H24F2N4O3S/c1-31-14-8-11-20-15-23-22(16-24(20)38(36,37)34-17-28(29,30)18-34)25(27(35)33-23)26(19-9-4-2-5-10-19)32-21-12-6-3-7-13-21/h2-7,9-10,12-13,15-16,25,31H,14,17-18H2,1H3,(H,33,35). The van der Waals surface area contributed by atoms with Gasteiger partial charge < -0.3 is 10.6 Å². The van der Waals surface area contributed by atoms with Crippen molar-refractivity contribution < 1.29 is 22.0 Å². The molecule has 1 unspecified atom stereocenters. The average Bonchev–Trinajstić information content (AvgIpc) is 3.21. The van der Waals surface area contributed by atoms with Crippen LogP contribution in [-0.4, -0.2) is 56.9 Å². The van der Waals surface area contributed by atoms with E-state index in [1.54, 1.807) is 19.2 Å². The van der Waals surface area contributed by atoms with Gasteiger partial charge in [0.1, 0.15) is 5.92 Å². The lowest BCUT2D eigenvalue weighted by atomic mass is 9.90. The van der Waals surface area contributed by atoms with Crippen LogP contribution >= 0.6 is 0 Å². The Balaban J connectivity index is 1.67. The van der Waals surface area contributed by atoms with Crippen LogP contribution in [0.5, 0.6) is 0 Å². The molecule has 1 amide bonds. The fraction of sp³-hybridized carbons (Fsp3) is 0.214. The van der Waals surface area contributed by atoms with Gasteiger partial charge in [-0.1, -0.05) is 60.4 Å². The van der Waals surface area contributed by atoms with Gasteiger partial charge >= 0.3 is 0 Å². The molecule has 1 fully saturated rings. The molecule has 2 N–H and O–H groups in total. The Hall–Kier alpha value is -3.91. The van der Waals surface area contributed by atoms with E-state index in [1.807, 2.05) is 48.5 Å². The summed E-state index contributed by atoms with van der Waals surface area (Å²) >= 11 is 0. The highest BCUT2D eigenvalue weighted by Crippen LogP contribution is 2.41. The predicted octanol–water partition coefficient (Wildman–Crippen LogP) is 3.75. The quantitative estimate of drug-likeness (QED) is 0.372. The number of fused-ring (bicyclic) bond motifs is 1. The Morgan fingerprint density at radius 3 is 2.39 bits per heavy atom. The van der Waals surface area contributed by atoms with E-state index >= 15 is 0 Å². The van der Waals surface area contributed by atoms with Gasteiger partial charge in [0, 0.05) is 11.3 Å². The molecule has 1 atom stereocenters. The molecule has 0 bridgehead atoms. The van der Waals surface area contributed by atoms with Gasteiger partial charge in [0.15, 0.2) is 0 Å². The third-order valence-corrected chi connectivity index (χ3v) is 8.08. The first kappa shape index (κ1) is 25.7. The molecule has 0 spiro atoms. The first-order valence-electron chi connectivity index (χ1n) is 11.9. The van der Waals surface area contributed by atoms with Gasteiger partial charge in [0.05, 0.1) is 35.9 Å². The van der Waals surface area contributed by atoms with Gasteiger partial charge in [0.25, 0.3) is 5.92 Å². The monoisotopic (exact) mass is 534 g/mol. The average molecular weight is 535 g/mol. The molecule has 5 rings (SSSR count). The molecule has 0 radical (unpaired) electrons. The van der Waals surface area contributed by atoms with E-state index < -0.39 is 35.0 Å². The maximum atomic E-state index is 13.6. The van der Waals surface area contributed by atoms with E-state index in [-0.39, 0.29) is 22.9 Å². The number of sulfonamides is 1. The number of rotatable bonds is 6. The molecule has 7 nitrogen and oxygen atoms in total. The van der Waals surface area contributed by atoms with E-state index in [1.165, 1.54) is 12.1 Å². The van der Waals surface area contributed by atoms with Crippen LogP contribution in [0.25, 0.3) is 0 Å². The second kappa shape index (κ2) is 10.1. The zero-order valence-electron chi connectivity index (χ0n) is 20.4. The van der Waals surface area contributed by atoms with Crippen molar-refractivity contribution in [3.8, 4) is 11.8 Å². The van der Waals surface area contributed by atoms with Crippen LogP contribution in [0.3, 0.4) is 0 Å². The molecule has 2 heterocycles.